The molecule has 1 fully saturated rings. The van der Waals surface area contributed by atoms with Gasteiger partial charge in [0.1, 0.15) is 5.82 Å². The van der Waals surface area contributed by atoms with Crippen molar-refractivity contribution in [3.63, 3.8) is 0 Å². The number of ether oxygens (including phenoxy) is 1. The SMILES string of the molecule is Cc1nccn1CCC(NC(=O)N(C)C1CCOCC1)c1ccccc1. The molecule has 140 valence electrons. The number of urea groups is 1. The Kier molecular flexibility index (Phi) is 6.28. The fourth-order valence-corrected chi connectivity index (χ4v) is 3.40. The van der Waals surface area contributed by atoms with Crippen LogP contribution in [0.15, 0.2) is 42.7 Å². The van der Waals surface area contributed by atoms with Crippen molar-refractivity contribution in [2.75, 3.05) is 20.3 Å². The monoisotopic (exact) mass is 356 g/mol. The number of hydrogen-bond acceptors (Lipinski definition) is 3. The van der Waals surface area contributed by atoms with E-state index in [1.54, 1.807) is 0 Å². The number of hydrogen-bond donors (Lipinski definition) is 1. The Bertz CT molecular complexity index is 695. The molecule has 26 heavy (non-hydrogen) atoms. The van der Waals surface area contributed by atoms with Crippen LogP contribution in [0, 0.1) is 6.92 Å². The van der Waals surface area contributed by atoms with Gasteiger partial charge in [0.2, 0.25) is 0 Å². The third kappa shape index (κ3) is 4.64. The molecule has 1 aliphatic heterocycles. The first kappa shape index (κ1) is 18.5. The number of aryl methyl sites for hydroxylation is 2. The van der Waals surface area contributed by atoms with Crippen molar-refractivity contribution in [3.8, 4) is 0 Å². The van der Waals surface area contributed by atoms with Gasteiger partial charge in [0, 0.05) is 45.2 Å². The van der Waals surface area contributed by atoms with Crippen LogP contribution in [0.25, 0.3) is 0 Å². The van der Waals surface area contributed by atoms with E-state index in [1.165, 1.54) is 0 Å². The number of imidazole rings is 1. The molecule has 6 heteroatoms. The lowest BCUT2D eigenvalue weighted by molar-refractivity contribution is 0.0521. The molecule has 1 aliphatic rings. The predicted octanol–water partition coefficient (Wildman–Crippen LogP) is 3.14. The van der Waals surface area contributed by atoms with Crippen LogP contribution in [-0.2, 0) is 11.3 Å². The van der Waals surface area contributed by atoms with Crippen LogP contribution in [0.3, 0.4) is 0 Å². The lowest BCUT2D eigenvalue weighted by Crippen LogP contribution is -2.46. The van der Waals surface area contributed by atoms with Crippen LogP contribution in [0.1, 0.15) is 36.7 Å². The first-order valence-corrected chi connectivity index (χ1v) is 9.29. The van der Waals surface area contributed by atoms with Gasteiger partial charge in [-0.25, -0.2) is 9.78 Å². The van der Waals surface area contributed by atoms with E-state index in [1.807, 2.05) is 49.5 Å². The van der Waals surface area contributed by atoms with Crippen molar-refractivity contribution in [2.45, 2.75) is 44.8 Å². The highest BCUT2D eigenvalue weighted by Crippen LogP contribution is 2.20. The fourth-order valence-electron chi connectivity index (χ4n) is 3.40. The van der Waals surface area contributed by atoms with Crippen LogP contribution in [-0.4, -0.2) is 46.8 Å². The molecule has 0 radical (unpaired) electrons. The molecule has 0 saturated carbocycles. The maximum atomic E-state index is 12.8. The highest BCUT2D eigenvalue weighted by molar-refractivity contribution is 5.74. The average Bonchev–Trinajstić information content (AvgIpc) is 3.10. The zero-order valence-corrected chi connectivity index (χ0v) is 15.6. The van der Waals surface area contributed by atoms with Crippen LogP contribution < -0.4 is 5.32 Å². The van der Waals surface area contributed by atoms with E-state index < -0.39 is 0 Å². The first-order chi connectivity index (χ1) is 12.6. The number of carbonyl (C=O) groups excluding carboxylic acids is 1. The van der Waals surface area contributed by atoms with Gasteiger partial charge in [-0.3, -0.25) is 0 Å². The van der Waals surface area contributed by atoms with Gasteiger partial charge in [-0.05, 0) is 31.7 Å². The molecular formula is C20H28N4O2. The van der Waals surface area contributed by atoms with Crippen molar-refractivity contribution >= 4 is 6.03 Å². The summed E-state index contributed by atoms with van der Waals surface area (Å²) >= 11 is 0. The minimum absolute atomic E-state index is 0.0203. The third-order valence-corrected chi connectivity index (χ3v) is 5.14. The van der Waals surface area contributed by atoms with Gasteiger partial charge in [-0.15, -0.1) is 0 Å². The quantitative estimate of drug-likeness (QED) is 0.865. The Morgan fingerprint density at radius 2 is 2.08 bits per heavy atom. The minimum atomic E-state index is -0.0345. The zero-order valence-electron chi connectivity index (χ0n) is 15.6. The third-order valence-electron chi connectivity index (χ3n) is 5.14. The standard InChI is InChI=1S/C20H28N4O2/c1-16-21-11-13-24(16)12-8-19(17-6-4-3-5-7-17)22-20(25)23(2)18-9-14-26-15-10-18/h3-7,11,13,18-19H,8-10,12,14-15H2,1-2H3,(H,22,25). The lowest BCUT2D eigenvalue weighted by Gasteiger charge is -2.32. The number of carbonyl (C=O) groups is 1. The van der Waals surface area contributed by atoms with Crippen LogP contribution >= 0.6 is 0 Å². The molecule has 0 aliphatic carbocycles. The van der Waals surface area contributed by atoms with Gasteiger partial charge in [-0.1, -0.05) is 30.3 Å². The second kappa shape index (κ2) is 8.85. The summed E-state index contributed by atoms with van der Waals surface area (Å²) in [6, 6.07) is 10.4. The summed E-state index contributed by atoms with van der Waals surface area (Å²) in [7, 11) is 1.88. The Morgan fingerprint density at radius 1 is 1.35 bits per heavy atom. The summed E-state index contributed by atoms with van der Waals surface area (Å²) in [6.07, 6.45) is 6.40. The Morgan fingerprint density at radius 3 is 2.73 bits per heavy atom. The summed E-state index contributed by atoms with van der Waals surface area (Å²) in [5, 5.41) is 3.22. The second-order valence-corrected chi connectivity index (χ2v) is 6.82. The van der Waals surface area contributed by atoms with Gasteiger partial charge in [0.15, 0.2) is 0 Å². The Balaban J connectivity index is 1.66. The van der Waals surface area contributed by atoms with Crippen LogP contribution in [0.5, 0.6) is 0 Å². The van der Waals surface area contributed by atoms with Crippen LogP contribution in [0.4, 0.5) is 4.79 Å². The molecule has 2 aromatic rings. The molecule has 0 spiro atoms. The molecule has 0 bridgehead atoms. The van der Waals surface area contributed by atoms with Crippen molar-refractivity contribution in [1.29, 1.82) is 0 Å². The summed E-state index contributed by atoms with van der Waals surface area (Å²) in [5.41, 5.74) is 1.12. The molecule has 2 heterocycles. The van der Waals surface area contributed by atoms with Gasteiger partial charge >= 0.3 is 6.03 Å². The largest absolute Gasteiger partial charge is 0.381 e. The lowest BCUT2D eigenvalue weighted by atomic mass is 10.0. The zero-order chi connectivity index (χ0) is 18.4. The van der Waals surface area contributed by atoms with Gasteiger partial charge in [0.25, 0.3) is 0 Å². The van der Waals surface area contributed by atoms with Crippen LogP contribution in [0.2, 0.25) is 0 Å². The number of rotatable bonds is 6. The van der Waals surface area contributed by atoms with E-state index in [2.05, 4.69) is 27.0 Å². The van der Waals surface area contributed by atoms with Gasteiger partial charge in [-0.2, -0.15) is 0 Å². The smallest absolute Gasteiger partial charge is 0.317 e. The fraction of sp³-hybridized carbons (Fsp3) is 0.500. The molecule has 1 N–H and O–H groups in total. The van der Waals surface area contributed by atoms with E-state index in [9.17, 15) is 4.79 Å². The molecule has 2 amide bonds. The molecule has 1 saturated heterocycles. The Hall–Kier alpha value is -2.34. The van der Waals surface area contributed by atoms with E-state index in [4.69, 9.17) is 4.74 Å². The van der Waals surface area contributed by atoms with E-state index in [0.29, 0.717) is 0 Å². The molecule has 1 atom stereocenters. The van der Waals surface area contributed by atoms with E-state index in [-0.39, 0.29) is 18.1 Å². The molecule has 3 rings (SSSR count). The normalized spacial score (nSPS) is 16.2. The molecule has 1 unspecified atom stereocenters. The minimum Gasteiger partial charge on any atom is -0.381 e. The molecule has 1 aromatic heterocycles. The van der Waals surface area contributed by atoms with Crippen molar-refractivity contribution in [1.82, 2.24) is 19.8 Å². The highest BCUT2D eigenvalue weighted by atomic mass is 16.5. The topological polar surface area (TPSA) is 59.4 Å². The number of aromatic nitrogens is 2. The number of benzene rings is 1. The molecule has 6 nitrogen and oxygen atoms in total. The number of amides is 2. The first-order valence-electron chi connectivity index (χ1n) is 9.29. The summed E-state index contributed by atoms with van der Waals surface area (Å²) in [4.78, 5) is 18.9. The maximum absolute atomic E-state index is 12.8. The second-order valence-electron chi connectivity index (χ2n) is 6.82. The highest BCUT2D eigenvalue weighted by Gasteiger charge is 2.24. The Labute approximate surface area is 155 Å². The van der Waals surface area contributed by atoms with Crippen molar-refractivity contribution in [2.24, 2.45) is 0 Å². The molecule has 1 aromatic carbocycles. The average molecular weight is 356 g/mol. The van der Waals surface area contributed by atoms with E-state index >= 15 is 0 Å². The number of nitrogens with one attached hydrogen (secondary N) is 1. The summed E-state index contributed by atoms with van der Waals surface area (Å²) in [6.45, 7) is 4.26. The van der Waals surface area contributed by atoms with Crippen molar-refractivity contribution < 1.29 is 9.53 Å². The number of nitrogens with zero attached hydrogens (tertiary/aromatic N) is 3. The summed E-state index contributed by atoms with van der Waals surface area (Å²) < 4.78 is 7.52. The van der Waals surface area contributed by atoms with Gasteiger partial charge in [0.05, 0.1) is 6.04 Å². The maximum Gasteiger partial charge on any atom is 0.317 e. The predicted molar refractivity (Wildman–Crippen MR) is 101 cm³/mol. The van der Waals surface area contributed by atoms with E-state index in [0.717, 1.165) is 50.4 Å². The van der Waals surface area contributed by atoms with Gasteiger partial charge < -0.3 is 19.5 Å². The molecular weight excluding hydrogens is 328 g/mol. The summed E-state index contributed by atoms with van der Waals surface area (Å²) in [5.74, 6) is 0.988. The van der Waals surface area contributed by atoms with Crippen molar-refractivity contribution in [3.05, 3.63) is 54.1 Å².